The minimum Gasteiger partial charge on any atom is -0.275 e. The maximum absolute atomic E-state index is 11.4. The van der Waals surface area contributed by atoms with Crippen molar-refractivity contribution in [2.24, 2.45) is 0 Å². The second-order valence-electron chi connectivity index (χ2n) is 4.81. The zero-order valence-corrected chi connectivity index (χ0v) is 10.7. The van der Waals surface area contributed by atoms with Gasteiger partial charge in [-0.15, -0.1) is 0 Å². The van der Waals surface area contributed by atoms with E-state index >= 15 is 0 Å². The van der Waals surface area contributed by atoms with E-state index in [2.05, 4.69) is 38.1 Å². The number of benzene rings is 1. The van der Waals surface area contributed by atoms with Crippen molar-refractivity contribution in [3.63, 3.8) is 0 Å². The van der Waals surface area contributed by atoms with Gasteiger partial charge < -0.3 is 0 Å². The fourth-order valence-electron chi connectivity index (χ4n) is 1.96. The summed E-state index contributed by atoms with van der Waals surface area (Å²) in [5, 5.41) is 0. The molecule has 94 valence electrons. The van der Waals surface area contributed by atoms with E-state index in [1.54, 1.807) is 0 Å². The predicted octanol–water partition coefficient (Wildman–Crippen LogP) is 2.28. The molecule has 0 N–H and O–H groups in total. The van der Waals surface area contributed by atoms with E-state index in [9.17, 15) is 9.59 Å². The molecule has 1 aliphatic heterocycles. The Kier molecular flexibility index (Phi) is 3.60. The van der Waals surface area contributed by atoms with Gasteiger partial charge in [0.05, 0.1) is 0 Å². The molecule has 0 fully saturated rings. The first-order valence-corrected chi connectivity index (χ1v) is 6.20. The number of carbonyl (C=O) groups is 2. The molecule has 0 saturated carbocycles. The maximum atomic E-state index is 11.4. The van der Waals surface area contributed by atoms with E-state index < -0.39 is 0 Å². The summed E-state index contributed by atoms with van der Waals surface area (Å²) in [7, 11) is 0. The monoisotopic (exact) mass is 243 g/mol. The number of imide groups is 1. The van der Waals surface area contributed by atoms with Crippen molar-refractivity contribution >= 4 is 11.8 Å². The van der Waals surface area contributed by atoms with Crippen LogP contribution in [0.2, 0.25) is 0 Å². The lowest BCUT2D eigenvalue weighted by Gasteiger charge is -2.13. The average Bonchev–Trinajstić information content (AvgIpc) is 2.67. The summed E-state index contributed by atoms with van der Waals surface area (Å²) in [6.45, 7) is 4.76. The van der Waals surface area contributed by atoms with E-state index in [0.29, 0.717) is 18.9 Å². The van der Waals surface area contributed by atoms with E-state index in [-0.39, 0.29) is 11.8 Å². The number of amides is 2. The van der Waals surface area contributed by atoms with E-state index in [1.807, 2.05) is 0 Å². The first-order chi connectivity index (χ1) is 8.58. The summed E-state index contributed by atoms with van der Waals surface area (Å²) < 4.78 is 0. The molecule has 0 bridgehead atoms. The Balaban J connectivity index is 1.94. The van der Waals surface area contributed by atoms with Gasteiger partial charge in [0.15, 0.2) is 0 Å². The van der Waals surface area contributed by atoms with Crippen LogP contribution in [0.1, 0.15) is 30.9 Å². The lowest BCUT2D eigenvalue weighted by atomic mass is 10.0. The smallest absolute Gasteiger partial charge is 0.253 e. The van der Waals surface area contributed by atoms with Crippen LogP contribution in [0, 0.1) is 0 Å². The Hall–Kier alpha value is -1.90. The number of nitrogens with zero attached hydrogens (tertiary/aromatic N) is 1. The largest absolute Gasteiger partial charge is 0.275 e. The molecule has 0 saturated heterocycles. The maximum Gasteiger partial charge on any atom is 0.253 e. The molecule has 2 amide bonds. The van der Waals surface area contributed by atoms with Crippen molar-refractivity contribution in [1.29, 1.82) is 0 Å². The number of carbonyl (C=O) groups excluding carboxylic acids is 2. The van der Waals surface area contributed by atoms with E-state index in [4.69, 9.17) is 0 Å². The van der Waals surface area contributed by atoms with Gasteiger partial charge >= 0.3 is 0 Å². The molecule has 0 aromatic heterocycles. The third kappa shape index (κ3) is 2.67. The van der Waals surface area contributed by atoms with Crippen LogP contribution >= 0.6 is 0 Å². The highest BCUT2D eigenvalue weighted by atomic mass is 16.2. The van der Waals surface area contributed by atoms with Crippen molar-refractivity contribution < 1.29 is 9.59 Å². The molecule has 0 unspecified atom stereocenters. The van der Waals surface area contributed by atoms with E-state index in [0.717, 1.165) is 5.56 Å². The number of hydrogen-bond donors (Lipinski definition) is 0. The minimum atomic E-state index is -0.209. The van der Waals surface area contributed by atoms with Crippen LogP contribution in [0.4, 0.5) is 0 Å². The van der Waals surface area contributed by atoms with Gasteiger partial charge in [0.1, 0.15) is 0 Å². The van der Waals surface area contributed by atoms with Crippen LogP contribution in [0.5, 0.6) is 0 Å². The van der Waals surface area contributed by atoms with Gasteiger partial charge in [0.25, 0.3) is 11.8 Å². The van der Waals surface area contributed by atoms with Crippen molar-refractivity contribution in [3.8, 4) is 0 Å². The Morgan fingerprint density at radius 2 is 1.56 bits per heavy atom. The molecule has 0 spiro atoms. The summed E-state index contributed by atoms with van der Waals surface area (Å²) in [5.74, 6) is 0.0996. The van der Waals surface area contributed by atoms with Gasteiger partial charge in [0, 0.05) is 18.7 Å². The van der Waals surface area contributed by atoms with Crippen molar-refractivity contribution in [1.82, 2.24) is 4.90 Å². The standard InChI is InChI=1S/C15H17NO2/c1-11(2)13-5-3-12(4-6-13)9-10-16-14(17)7-8-15(16)18/h3-8,11H,9-10H2,1-2H3. The summed E-state index contributed by atoms with van der Waals surface area (Å²) in [6, 6.07) is 8.33. The van der Waals surface area contributed by atoms with Gasteiger partial charge in [-0.1, -0.05) is 38.1 Å². The molecule has 18 heavy (non-hydrogen) atoms. The number of hydrogen-bond acceptors (Lipinski definition) is 2. The first kappa shape index (κ1) is 12.6. The van der Waals surface area contributed by atoms with Crippen LogP contribution < -0.4 is 0 Å². The summed E-state index contributed by atoms with van der Waals surface area (Å²) in [6.07, 6.45) is 3.35. The molecule has 3 heteroatoms. The molecule has 0 aliphatic carbocycles. The van der Waals surface area contributed by atoms with Crippen molar-refractivity contribution in [3.05, 3.63) is 47.5 Å². The highest BCUT2D eigenvalue weighted by Gasteiger charge is 2.22. The SMILES string of the molecule is CC(C)c1ccc(CCN2C(=O)C=CC2=O)cc1. The molecule has 0 atom stereocenters. The molecule has 1 aromatic carbocycles. The van der Waals surface area contributed by atoms with Gasteiger partial charge in [0.2, 0.25) is 0 Å². The third-order valence-electron chi connectivity index (χ3n) is 3.17. The normalized spacial score (nSPS) is 14.9. The van der Waals surface area contributed by atoms with Crippen LogP contribution in [0.25, 0.3) is 0 Å². The molecular formula is C15H17NO2. The Bertz CT molecular complexity index is 468. The van der Waals surface area contributed by atoms with Gasteiger partial charge in [-0.05, 0) is 23.5 Å². The predicted molar refractivity (Wildman–Crippen MR) is 70.1 cm³/mol. The van der Waals surface area contributed by atoms with Crippen LogP contribution in [-0.4, -0.2) is 23.3 Å². The number of rotatable bonds is 4. The van der Waals surface area contributed by atoms with Crippen molar-refractivity contribution in [2.75, 3.05) is 6.54 Å². The van der Waals surface area contributed by atoms with Crippen LogP contribution in [-0.2, 0) is 16.0 Å². The average molecular weight is 243 g/mol. The summed E-state index contributed by atoms with van der Waals surface area (Å²) >= 11 is 0. The Morgan fingerprint density at radius 1 is 1.00 bits per heavy atom. The lowest BCUT2D eigenvalue weighted by molar-refractivity contribution is -0.136. The molecule has 1 aliphatic rings. The third-order valence-corrected chi connectivity index (χ3v) is 3.17. The van der Waals surface area contributed by atoms with E-state index in [1.165, 1.54) is 22.6 Å². The molecule has 2 rings (SSSR count). The van der Waals surface area contributed by atoms with Crippen LogP contribution in [0.15, 0.2) is 36.4 Å². The Morgan fingerprint density at radius 3 is 2.06 bits per heavy atom. The fourth-order valence-corrected chi connectivity index (χ4v) is 1.96. The topological polar surface area (TPSA) is 37.4 Å². The minimum absolute atomic E-state index is 0.209. The zero-order valence-electron chi connectivity index (χ0n) is 10.7. The molecule has 1 heterocycles. The molecule has 3 nitrogen and oxygen atoms in total. The summed E-state index contributed by atoms with van der Waals surface area (Å²) in [4.78, 5) is 24.0. The highest BCUT2D eigenvalue weighted by Crippen LogP contribution is 2.15. The van der Waals surface area contributed by atoms with Crippen molar-refractivity contribution in [2.45, 2.75) is 26.2 Å². The second kappa shape index (κ2) is 5.17. The highest BCUT2D eigenvalue weighted by molar-refractivity contribution is 6.12. The molecule has 0 radical (unpaired) electrons. The quantitative estimate of drug-likeness (QED) is 0.761. The lowest BCUT2D eigenvalue weighted by Crippen LogP contribution is -2.31. The van der Waals surface area contributed by atoms with Gasteiger partial charge in [-0.2, -0.15) is 0 Å². The molecule has 1 aromatic rings. The van der Waals surface area contributed by atoms with Gasteiger partial charge in [-0.25, -0.2) is 0 Å². The summed E-state index contributed by atoms with van der Waals surface area (Å²) in [5.41, 5.74) is 2.45. The second-order valence-corrected chi connectivity index (χ2v) is 4.81. The fraction of sp³-hybridized carbons (Fsp3) is 0.333. The molecular weight excluding hydrogens is 226 g/mol. The zero-order chi connectivity index (χ0) is 13.1. The Labute approximate surface area is 107 Å². The van der Waals surface area contributed by atoms with Crippen LogP contribution in [0.3, 0.4) is 0 Å². The van der Waals surface area contributed by atoms with Gasteiger partial charge in [-0.3, -0.25) is 14.5 Å². The first-order valence-electron chi connectivity index (χ1n) is 6.20.